The fourth-order valence-electron chi connectivity index (χ4n) is 6.38. The monoisotopic (exact) mass is 687 g/mol. The first-order valence-corrected chi connectivity index (χ1v) is 18.0. The van der Waals surface area contributed by atoms with Gasteiger partial charge >= 0.3 is 0 Å². The number of thiazole rings is 1. The van der Waals surface area contributed by atoms with Crippen LogP contribution in [-0.2, 0) is 31.0 Å². The third-order valence-corrected chi connectivity index (χ3v) is 11.6. The number of rotatable bonds is 9. The van der Waals surface area contributed by atoms with E-state index in [4.69, 9.17) is 21.5 Å². The molecule has 2 atom stereocenters. The summed E-state index contributed by atoms with van der Waals surface area (Å²) in [4.78, 5) is 46.4. The zero-order chi connectivity index (χ0) is 33.0. The summed E-state index contributed by atoms with van der Waals surface area (Å²) in [5.74, 6) is -0.470. The summed E-state index contributed by atoms with van der Waals surface area (Å²) in [6.07, 6.45) is 5.57. The maximum absolute atomic E-state index is 14.2. The van der Waals surface area contributed by atoms with E-state index in [1.54, 1.807) is 48.2 Å². The van der Waals surface area contributed by atoms with Crippen molar-refractivity contribution in [3.63, 3.8) is 0 Å². The number of hydrogen-bond acceptors (Lipinski definition) is 8. The molecule has 2 fully saturated rings. The number of aromatic nitrogens is 1. The standard InChI is InChI=1S/C31H36ClN5O4S2.CH2O2/c1-21(30(38)36-14-5-6-27(36)19-34-12-3-4-13-34)35-15-11-29(31(35)39)37(18-26-20-42-22(2)33-26)43(40,41)28-10-8-23-16-25(32)9-7-24(23)17-28;2-1-3/h6-10,16-17,20-21,29H,3-5,11-15,18-19H2,1-2H3;1H,(H,2,3)/t21-,29-;/m0./s1. The molecular formula is C32H38ClN5O6S2. The number of likely N-dealkylation sites (tertiary alicyclic amines) is 2. The summed E-state index contributed by atoms with van der Waals surface area (Å²) in [5, 5.41) is 11.7. The second-order valence-electron chi connectivity index (χ2n) is 11.6. The summed E-state index contributed by atoms with van der Waals surface area (Å²) < 4.78 is 29.7. The molecule has 2 aromatic carbocycles. The molecule has 1 aromatic heterocycles. The number of sulfonamides is 1. The van der Waals surface area contributed by atoms with Crippen molar-refractivity contribution in [3.8, 4) is 0 Å². The highest BCUT2D eigenvalue weighted by atomic mass is 35.5. The number of nitrogens with zero attached hydrogens (tertiary/aromatic N) is 5. The number of amides is 2. The Kier molecular flexibility index (Phi) is 10.8. The van der Waals surface area contributed by atoms with Gasteiger partial charge in [0.05, 0.1) is 22.1 Å². The van der Waals surface area contributed by atoms with Gasteiger partial charge in [0.15, 0.2) is 0 Å². The van der Waals surface area contributed by atoms with Crippen LogP contribution in [0.1, 0.15) is 43.3 Å². The average molecular weight is 688 g/mol. The van der Waals surface area contributed by atoms with Crippen molar-refractivity contribution in [2.45, 2.75) is 63.1 Å². The molecule has 2 saturated heterocycles. The lowest BCUT2D eigenvalue weighted by Crippen LogP contribution is -2.51. The molecule has 3 aromatic rings. The fraction of sp³-hybridized carbons (Fsp3) is 0.438. The van der Waals surface area contributed by atoms with Gasteiger partial charge in [-0.2, -0.15) is 4.31 Å². The Morgan fingerprint density at radius 3 is 2.54 bits per heavy atom. The fourth-order valence-corrected chi connectivity index (χ4v) is 8.78. The predicted octanol–water partition coefficient (Wildman–Crippen LogP) is 4.35. The topological polar surface area (TPSA) is 131 Å². The molecule has 14 heteroatoms. The van der Waals surface area contributed by atoms with Gasteiger partial charge in [0.1, 0.15) is 12.1 Å². The van der Waals surface area contributed by atoms with Crippen LogP contribution in [0.4, 0.5) is 0 Å². The Balaban J connectivity index is 0.00000134. The molecule has 3 aliphatic rings. The highest BCUT2D eigenvalue weighted by molar-refractivity contribution is 7.89. The van der Waals surface area contributed by atoms with Gasteiger partial charge in [0.2, 0.25) is 21.8 Å². The van der Waals surface area contributed by atoms with Crippen LogP contribution in [0, 0.1) is 6.92 Å². The maximum atomic E-state index is 14.2. The third-order valence-electron chi connectivity index (χ3n) is 8.68. The van der Waals surface area contributed by atoms with Crippen LogP contribution >= 0.6 is 22.9 Å². The van der Waals surface area contributed by atoms with E-state index in [2.05, 4.69) is 16.0 Å². The number of aryl methyl sites for hydroxylation is 1. The summed E-state index contributed by atoms with van der Waals surface area (Å²) in [5.41, 5.74) is 1.59. The zero-order valence-electron chi connectivity index (χ0n) is 25.8. The van der Waals surface area contributed by atoms with Crippen LogP contribution in [0.2, 0.25) is 5.02 Å². The van der Waals surface area contributed by atoms with Crippen LogP contribution in [0.15, 0.2) is 58.4 Å². The smallest absolute Gasteiger partial charge is 0.290 e. The summed E-state index contributed by atoms with van der Waals surface area (Å²) in [6.45, 7) is 7.05. The van der Waals surface area contributed by atoms with Gasteiger partial charge in [0.25, 0.3) is 6.47 Å². The van der Waals surface area contributed by atoms with E-state index in [-0.39, 0.29) is 29.7 Å². The lowest BCUT2D eigenvalue weighted by Gasteiger charge is -2.32. The first kappa shape index (κ1) is 34.0. The molecule has 4 heterocycles. The Labute approximate surface area is 278 Å². The first-order chi connectivity index (χ1) is 22.0. The molecular weight excluding hydrogens is 650 g/mol. The largest absolute Gasteiger partial charge is 0.483 e. The lowest BCUT2D eigenvalue weighted by molar-refractivity contribution is -0.142. The molecule has 246 valence electrons. The second kappa shape index (κ2) is 14.6. The normalized spacial score (nSPS) is 19.4. The summed E-state index contributed by atoms with van der Waals surface area (Å²) in [7, 11) is -4.11. The van der Waals surface area contributed by atoms with Crippen molar-refractivity contribution in [1.29, 1.82) is 0 Å². The zero-order valence-corrected chi connectivity index (χ0v) is 28.2. The van der Waals surface area contributed by atoms with Crippen LogP contribution in [-0.4, -0.2) is 101 Å². The molecule has 3 aliphatic heterocycles. The molecule has 1 N–H and O–H groups in total. The van der Waals surface area contributed by atoms with E-state index >= 15 is 0 Å². The minimum atomic E-state index is -4.11. The number of hydrogen-bond donors (Lipinski definition) is 1. The van der Waals surface area contributed by atoms with E-state index in [1.165, 1.54) is 28.5 Å². The summed E-state index contributed by atoms with van der Waals surface area (Å²) >= 11 is 7.57. The van der Waals surface area contributed by atoms with Gasteiger partial charge in [-0.1, -0.05) is 29.8 Å². The molecule has 46 heavy (non-hydrogen) atoms. The Bertz CT molecular complexity index is 1740. The first-order valence-electron chi connectivity index (χ1n) is 15.3. The van der Waals surface area contributed by atoms with Crippen molar-refractivity contribution >= 4 is 62.0 Å². The minimum Gasteiger partial charge on any atom is -0.483 e. The number of carboxylic acid groups (broad SMARTS) is 1. The Morgan fingerprint density at radius 2 is 1.85 bits per heavy atom. The number of benzene rings is 2. The molecule has 2 amide bonds. The van der Waals surface area contributed by atoms with Crippen molar-refractivity contribution in [2.75, 3.05) is 32.7 Å². The molecule has 0 aliphatic carbocycles. The average Bonchev–Trinajstić information content (AvgIpc) is 3.85. The number of carbonyl (C=O) groups is 3. The molecule has 0 radical (unpaired) electrons. The Hall–Kier alpha value is -3.36. The highest BCUT2D eigenvalue weighted by Gasteiger charge is 2.45. The van der Waals surface area contributed by atoms with E-state index < -0.39 is 22.1 Å². The van der Waals surface area contributed by atoms with Gasteiger partial charge in [0, 0.05) is 35.7 Å². The van der Waals surface area contributed by atoms with Gasteiger partial charge in [-0.15, -0.1) is 11.3 Å². The second-order valence-corrected chi connectivity index (χ2v) is 15.0. The molecule has 6 rings (SSSR count). The van der Waals surface area contributed by atoms with Crippen molar-refractivity contribution < 1.29 is 27.9 Å². The molecule has 0 spiro atoms. The van der Waals surface area contributed by atoms with E-state index in [0.29, 0.717) is 30.2 Å². The van der Waals surface area contributed by atoms with Crippen LogP contribution in [0.25, 0.3) is 10.8 Å². The summed E-state index contributed by atoms with van der Waals surface area (Å²) in [6, 6.07) is 8.54. The van der Waals surface area contributed by atoms with E-state index in [1.807, 2.05) is 17.2 Å². The van der Waals surface area contributed by atoms with Crippen LogP contribution < -0.4 is 0 Å². The number of carbonyl (C=O) groups excluding carboxylic acids is 2. The van der Waals surface area contributed by atoms with Gasteiger partial charge in [-0.05, 0) is 87.7 Å². The van der Waals surface area contributed by atoms with Gasteiger partial charge < -0.3 is 14.9 Å². The Morgan fingerprint density at radius 1 is 1.15 bits per heavy atom. The minimum absolute atomic E-state index is 0.0350. The SMILES string of the molecule is Cc1nc(CN([C@H]2CCN([C@@H](C)C(=O)N3CCC=C3CN3CCCC3)C2=O)S(=O)(=O)c2ccc3cc(Cl)ccc3c2)cs1.O=CO. The molecule has 11 nitrogen and oxygen atoms in total. The van der Waals surface area contributed by atoms with E-state index in [9.17, 15) is 18.0 Å². The molecule has 0 unspecified atom stereocenters. The number of fused-ring (bicyclic) bond motifs is 1. The predicted molar refractivity (Wildman–Crippen MR) is 177 cm³/mol. The van der Waals surface area contributed by atoms with Crippen molar-refractivity contribution in [2.24, 2.45) is 0 Å². The molecule has 0 bridgehead atoms. The number of halogens is 1. The molecule has 0 saturated carbocycles. The van der Waals surface area contributed by atoms with E-state index in [0.717, 1.165) is 47.5 Å². The highest BCUT2D eigenvalue weighted by Crippen LogP contribution is 2.31. The van der Waals surface area contributed by atoms with Gasteiger partial charge in [-0.3, -0.25) is 19.3 Å². The van der Waals surface area contributed by atoms with Crippen molar-refractivity contribution in [3.05, 3.63) is 69.3 Å². The maximum Gasteiger partial charge on any atom is 0.290 e. The van der Waals surface area contributed by atoms with Crippen LogP contribution in [0.5, 0.6) is 0 Å². The third kappa shape index (κ3) is 7.28. The lowest BCUT2D eigenvalue weighted by atomic mass is 10.1. The van der Waals surface area contributed by atoms with Crippen LogP contribution in [0.3, 0.4) is 0 Å². The van der Waals surface area contributed by atoms with Gasteiger partial charge in [-0.25, -0.2) is 13.4 Å². The quantitative estimate of drug-likeness (QED) is 0.329. The van der Waals surface area contributed by atoms with Crippen molar-refractivity contribution in [1.82, 2.24) is 24.0 Å².